The van der Waals surface area contributed by atoms with Crippen LogP contribution in [0.5, 0.6) is 0 Å². The van der Waals surface area contributed by atoms with Crippen LogP contribution in [-0.4, -0.2) is 51.1 Å². The zero-order chi connectivity index (χ0) is 21.8. The van der Waals surface area contributed by atoms with Crippen LogP contribution in [0.3, 0.4) is 0 Å². The van der Waals surface area contributed by atoms with Crippen molar-refractivity contribution in [3.8, 4) is 0 Å². The predicted molar refractivity (Wildman–Crippen MR) is 107 cm³/mol. The van der Waals surface area contributed by atoms with Crippen molar-refractivity contribution >= 4 is 21.9 Å². The largest absolute Gasteiger partial charge is 0.449 e. The van der Waals surface area contributed by atoms with Gasteiger partial charge in [0.2, 0.25) is 0 Å². The molecule has 0 radical (unpaired) electrons. The summed E-state index contributed by atoms with van der Waals surface area (Å²) in [6.07, 6.45) is 2.20. The summed E-state index contributed by atoms with van der Waals surface area (Å²) in [4.78, 5) is 29.5. The highest BCUT2D eigenvalue weighted by atomic mass is 32.2. The molecule has 4 atom stereocenters. The second-order valence-corrected chi connectivity index (χ2v) is 9.49. The molecule has 0 spiro atoms. The zero-order valence-electron chi connectivity index (χ0n) is 17.5. The van der Waals surface area contributed by atoms with E-state index < -0.39 is 22.1 Å². The van der Waals surface area contributed by atoms with Crippen LogP contribution in [0, 0.1) is 11.8 Å². The molecule has 9 heteroatoms. The molecule has 0 aromatic heterocycles. The summed E-state index contributed by atoms with van der Waals surface area (Å²) in [5, 5.41) is 2.99. The number of nitrogens with one attached hydrogen (secondary N) is 1. The van der Waals surface area contributed by atoms with Gasteiger partial charge < -0.3 is 10.1 Å². The fraction of sp³-hybridized carbons (Fsp3) is 0.600. The topological polar surface area (TPSA) is 102 Å². The second-order valence-electron chi connectivity index (χ2n) is 7.55. The van der Waals surface area contributed by atoms with Crippen molar-refractivity contribution in [3.05, 3.63) is 29.8 Å². The maximum atomic E-state index is 12.4. The van der Waals surface area contributed by atoms with E-state index in [1.165, 1.54) is 45.3 Å². The van der Waals surface area contributed by atoms with Crippen LogP contribution in [0.1, 0.15) is 50.4 Å². The standard InChI is InChI=1S/C20H30N2O6S/c1-13-7-6-8-18(14(13)2)21-19(23)15(3)28-20(24)16-9-11-17(12-10-16)29(25,26)22(4)27-5/h9-15,18H,6-8H2,1-5H3,(H,21,23)/t13-,14-,15-,18+/m1/s1. The molecular formula is C20H30N2O6S. The summed E-state index contributed by atoms with van der Waals surface area (Å²) in [7, 11) is -1.29. The molecule has 162 valence electrons. The van der Waals surface area contributed by atoms with Crippen molar-refractivity contribution in [3.63, 3.8) is 0 Å². The molecular weight excluding hydrogens is 396 g/mol. The van der Waals surface area contributed by atoms with Gasteiger partial charge in [-0.3, -0.25) is 9.63 Å². The maximum Gasteiger partial charge on any atom is 0.338 e. The van der Waals surface area contributed by atoms with Crippen LogP contribution in [0.2, 0.25) is 0 Å². The Balaban J connectivity index is 1.98. The van der Waals surface area contributed by atoms with Gasteiger partial charge in [-0.1, -0.05) is 31.2 Å². The molecule has 1 aliphatic rings. The molecule has 8 nitrogen and oxygen atoms in total. The van der Waals surface area contributed by atoms with Gasteiger partial charge in [0.15, 0.2) is 6.10 Å². The average molecular weight is 427 g/mol. The number of hydrogen-bond acceptors (Lipinski definition) is 6. The summed E-state index contributed by atoms with van der Waals surface area (Å²) in [5.41, 5.74) is 0.156. The number of ether oxygens (including phenoxy) is 1. The van der Waals surface area contributed by atoms with Crippen molar-refractivity contribution < 1.29 is 27.6 Å². The summed E-state index contributed by atoms with van der Waals surface area (Å²) in [6, 6.07) is 5.34. The Morgan fingerprint density at radius 2 is 1.79 bits per heavy atom. The molecule has 0 aliphatic heterocycles. The lowest BCUT2D eigenvalue weighted by Gasteiger charge is -2.35. The summed E-state index contributed by atoms with van der Waals surface area (Å²) >= 11 is 0. The van der Waals surface area contributed by atoms with Crippen LogP contribution >= 0.6 is 0 Å². The minimum absolute atomic E-state index is 0.0235. The minimum Gasteiger partial charge on any atom is -0.449 e. The van der Waals surface area contributed by atoms with Gasteiger partial charge in [0.25, 0.3) is 15.9 Å². The number of rotatable bonds is 7. The number of benzene rings is 1. The van der Waals surface area contributed by atoms with Crippen molar-refractivity contribution in [2.45, 2.75) is 57.1 Å². The minimum atomic E-state index is -3.80. The maximum absolute atomic E-state index is 12.4. The number of esters is 1. The molecule has 1 fully saturated rings. The van der Waals surface area contributed by atoms with E-state index in [0.29, 0.717) is 11.8 Å². The van der Waals surface area contributed by atoms with E-state index in [0.717, 1.165) is 23.7 Å². The molecule has 1 aromatic rings. The van der Waals surface area contributed by atoms with E-state index in [-0.39, 0.29) is 22.4 Å². The molecule has 1 amide bonds. The lowest BCUT2D eigenvalue weighted by Crippen LogP contribution is -2.47. The van der Waals surface area contributed by atoms with Gasteiger partial charge in [-0.15, -0.1) is 0 Å². The smallest absolute Gasteiger partial charge is 0.338 e. The number of carbonyl (C=O) groups is 2. The highest BCUT2D eigenvalue weighted by Gasteiger charge is 2.30. The Hall–Kier alpha value is -1.97. The monoisotopic (exact) mass is 426 g/mol. The van der Waals surface area contributed by atoms with Crippen LogP contribution in [-0.2, 0) is 24.4 Å². The Bertz CT molecular complexity index is 824. The molecule has 1 saturated carbocycles. The van der Waals surface area contributed by atoms with Crippen LogP contribution in [0.4, 0.5) is 0 Å². The second kappa shape index (κ2) is 9.69. The first-order valence-electron chi connectivity index (χ1n) is 9.72. The van der Waals surface area contributed by atoms with Crippen molar-refractivity contribution in [2.24, 2.45) is 11.8 Å². The predicted octanol–water partition coefficient (Wildman–Crippen LogP) is 2.35. The quantitative estimate of drug-likeness (QED) is 0.530. The van der Waals surface area contributed by atoms with E-state index in [1.807, 2.05) is 0 Å². The first kappa shape index (κ1) is 23.3. The summed E-state index contributed by atoms with van der Waals surface area (Å²) in [5.74, 6) is -0.110. The number of sulfonamides is 1. The highest BCUT2D eigenvalue weighted by Crippen LogP contribution is 2.29. The third-order valence-corrected chi connectivity index (χ3v) is 7.36. The Kier molecular flexibility index (Phi) is 7.79. The fourth-order valence-corrected chi connectivity index (χ4v) is 4.35. The molecule has 0 heterocycles. The molecule has 0 bridgehead atoms. The summed E-state index contributed by atoms with van der Waals surface area (Å²) < 4.78 is 30.3. The van der Waals surface area contributed by atoms with Gasteiger partial charge >= 0.3 is 5.97 Å². The van der Waals surface area contributed by atoms with Gasteiger partial charge in [-0.2, -0.15) is 0 Å². The lowest BCUT2D eigenvalue weighted by molar-refractivity contribution is -0.130. The average Bonchev–Trinajstić information content (AvgIpc) is 2.70. The Morgan fingerprint density at radius 1 is 1.17 bits per heavy atom. The molecule has 29 heavy (non-hydrogen) atoms. The number of nitrogens with zero attached hydrogens (tertiary/aromatic N) is 1. The van der Waals surface area contributed by atoms with Gasteiger partial charge in [-0.05, 0) is 49.4 Å². The highest BCUT2D eigenvalue weighted by molar-refractivity contribution is 7.89. The molecule has 1 N–H and O–H groups in total. The van der Waals surface area contributed by atoms with Crippen molar-refractivity contribution in [2.75, 3.05) is 14.2 Å². The van der Waals surface area contributed by atoms with E-state index in [9.17, 15) is 18.0 Å². The van der Waals surface area contributed by atoms with Gasteiger partial charge in [-0.25, -0.2) is 13.2 Å². The fourth-order valence-electron chi connectivity index (χ4n) is 3.38. The van der Waals surface area contributed by atoms with E-state index >= 15 is 0 Å². The van der Waals surface area contributed by atoms with Crippen molar-refractivity contribution in [1.82, 2.24) is 9.79 Å². The molecule has 0 saturated heterocycles. The molecule has 2 rings (SSSR count). The lowest BCUT2D eigenvalue weighted by atomic mass is 9.78. The first-order valence-corrected chi connectivity index (χ1v) is 11.2. The van der Waals surface area contributed by atoms with Crippen molar-refractivity contribution in [1.29, 1.82) is 0 Å². The first-order chi connectivity index (χ1) is 13.6. The van der Waals surface area contributed by atoms with E-state index in [1.54, 1.807) is 0 Å². The molecule has 0 unspecified atom stereocenters. The van der Waals surface area contributed by atoms with Gasteiger partial charge in [0, 0.05) is 13.1 Å². The number of carbonyl (C=O) groups excluding carboxylic acids is 2. The van der Waals surface area contributed by atoms with Gasteiger partial charge in [0.1, 0.15) is 0 Å². The van der Waals surface area contributed by atoms with Gasteiger partial charge in [0.05, 0.1) is 17.6 Å². The third-order valence-electron chi connectivity index (χ3n) is 5.67. The zero-order valence-corrected chi connectivity index (χ0v) is 18.4. The van der Waals surface area contributed by atoms with Crippen LogP contribution < -0.4 is 5.32 Å². The van der Waals surface area contributed by atoms with E-state index in [4.69, 9.17) is 9.57 Å². The Labute approximate surface area is 172 Å². The Morgan fingerprint density at radius 3 is 2.38 bits per heavy atom. The normalized spacial score (nSPS) is 23.4. The van der Waals surface area contributed by atoms with Crippen LogP contribution in [0.15, 0.2) is 29.2 Å². The molecule has 1 aliphatic carbocycles. The SMILES string of the molecule is CON(C)S(=O)(=O)c1ccc(C(=O)O[C@H](C)C(=O)N[C@H]2CCC[C@@H](C)[C@H]2C)cc1. The summed E-state index contributed by atoms with van der Waals surface area (Å²) in [6.45, 7) is 5.83. The number of amides is 1. The molecule has 1 aromatic carbocycles. The third kappa shape index (κ3) is 5.55. The van der Waals surface area contributed by atoms with Crippen LogP contribution in [0.25, 0.3) is 0 Å². The number of hydrogen-bond donors (Lipinski definition) is 1. The number of hydroxylamine groups is 1. The van der Waals surface area contributed by atoms with E-state index in [2.05, 4.69) is 19.2 Å².